The van der Waals surface area contributed by atoms with Gasteiger partial charge in [-0.15, -0.1) is 0 Å². The molecular weight excluding hydrogens is 801 g/mol. The lowest BCUT2D eigenvalue weighted by Crippen LogP contribution is -2.50. The van der Waals surface area contributed by atoms with Gasteiger partial charge in [0, 0.05) is 32.6 Å². The molecule has 0 rings (SSSR count). The fraction of sp³-hybridized carbons (Fsp3) is 0.906. The highest BCUT2D eigenvalue weighted by atomic mass is 16.2. The second-order valence-corrected chi connectivity index (χ2v) is 19.8. The summed E-state index contributed by atoms with van der Waals surface area (Å²) in [5, 5.41) is 0. The van der Waals surface area contributed by atoms with Crippen LogP contribution < -0.4 is 11.5 Å². The molecule has 0 aliphatic heterocycles. The first-order chi connectivity index (χ1) is 30.9. The smallest absolute Gasteiger partial charge is 0.242 e. The maximum atomic E-state index is 14.4. The summed E-state index contributed by atoms with van der Waals surface area (Å²) >= 11 is 0. The van der Waals surface area contributed by atoms with Gasteiger partial charge in [-0.25, -0.2) is 0 Å². The van der Waals surface area contributed by atoms with Crippen LogP contribution in [0.15, 0.2) is 0 Å². The quantitative estimate of drug-likeness (QED) is 0.0581. The first-order valence-corrected chi connectivity index (χ1v) is 26.9. The van der Waals surface area contributed by atoms with E-state index in [2.05, 4.69) is 41.5 Å². The summed E-state index contributed by atoms with van der Waals surface area (Å²) in [6, 6.07) is 0. The SMILES string of the molecule is CCCCCCCCCCCCN(CC(=O)N(CCCCCC(C)C)CC(=O)N(CCCCCCCCCCCC)CC(=O)N(CCCCCC(C)C)CC(N)=O)C(=O)CCCCN. The molecule has 0 fully saturated rings. The second kappa shape index (κ2) is 42.9. The number of carbonyl (C=O) groups excluding carboxylic acids is 5. The van der Waals surface area contributed by atoms with Gasteiger partial charge in [0.1, 0.15) is 0 Å². The Labute approximate surface area is 394 Å². The molecule has 11 heteroatoms. The van der Waals surface area contributed by atoms with Crippen LogP contribution in [0, 0.1) is 11.8 Å². The Bertz CT molecular complexity index is 1170. The van der Waals surface area contributed by atoms with Crippen molar-refractivity contribution in [3.63, 3.8) is 0 Å². The van der Waals surface area contributed by atoms with Crippen molar-refractivity contribution in [1.29, 1.82) is 0 Å². The van der Waals surface area contributed by atoms with Crippen LogP contribution in [0.25, 0.3) is 0 Å². The molecule has 4 N–H and O–H groups in total. The number of carbonyl (C=O) groups is 5. The first-order valence-electron chi connectivity index (χ1n) is 26.9. The maximum absolute atomic E-state index is 14.4. The molecule has 376 valence electrons. The summed E-state index contributed by atoms with van der Waals surface area (Å²) in [6.45, 7) is 15.0. The minimum atomic E-state index is -0.572. The molecule has 0 heterocycles. The molecule has 0 aromatic rings. The average Bonchev–Trinajstić information content (AvgIpc) is 3.25. The van der Waals surface area contributed by atoms with Gasteiger partial charge in [0.15, 0.2) is 0 Å². The van der Waals surface area contributed by atoms with Gasteiger partial charge in [0.25, 0.3) is 0 Å². The predicted molar refractivity (Wildman–Crippen MR) is 269 cm³/mol. The van der Waals surface area contributed by atoms with E-state index in [0.29, 0.717) is 57.4 Å². The van der Waals surface area contributed by atoms with Crippen LogP contribution >= 0.6 is 0 Å². The fourth-order valence-electron chi connectivity index (χ4n) is 8.37. The summed E-state index contributed by atoms with van der Waals surface area (Å²) < 4.78 is 0. The molecule has 0 saturated carbocycles. The molecule has 0 unspecified atom stereocenters. The van der Waals surface area contributed by atoms with Gasteiger partial charge in [0.2, 0.25) is 29.5 Å². The second-order valence-electron chi connectivity index (χ2n) is 19.8. The molecule has 0 aromatic heterocycles. The lowest BCUT2D eigenvalue weighted by molar-refractivity contribution is -0.146. The molecule has 0 aromatic carbocycles. The van der Waals surface area contributed by atoms with E-state index in [-0.39, 0.29) is 49.8 Å². The third-order valence-electron chi connectivity index (χ3n) is 12.6. The normalized spacial score (nSPS) is 11.4. The highest BCUT2D eigenvalue weighted by Crippen LogP contribution is 2.16. The predicted octanol–water partition coefficient (Wildman–Crippen LogP) is 11.2. The molecule has 0 atom stereocenters. The highest BCUT2D eigenvalue weighted by molar-refractivity contribution is 5.91. The number of primary amides is 1. The Kier molecular flexibility index (Phi) is 41.1. The molecule has 0 spiro atoms. The van der Waals surface area contributed by atoms with Crippen molar-refractivity contribution >= 4 is 29.5 Å². The van der Waals surface area contributed by atoms with Gasteiger partial charge in [-0.3, -0.25) is 24.0 Å². The van der Waals surface area contributed by atoms with Crippen molar-refractivity contribution in [3.8, 4) is 0 Å². The average molecular weight is 905 g/mol. The lowest BCUT2D eigenvalue weighted by atomic mass is 10.1. The number of hydrogen-bond donors (Lipinski definition) is 2. The van der Waals surface area contributed by atoms with Crippen LogP contribution in [0.3, 0.4) is 0 Å². The van der Waals surface area contributed by atoms with E-state index in [4.69, 9.17) is 11.5 Å². The number of nitrogens with zero attached hydrogens (tertiary/aromatic N) is 4. The van der Waals surface area contributed by atoms with E-state index >= 15 is 0 Å². The third-order valence-corrected chi connectivity index (χ3v) is 12.6. The van der Waals surface area contributed by atoms with Crippen LogP contribution in [0.4, 0.5) is 0 Å². The van der Waals surface area contributed by atoms with Crippen LogP contribution in [-0.2, 0) is 24.0 Å². The largest absolute Gasteiger partial charge is 0.368 e. The summed E-state index contributed by atoms with van der Waals surface area (Å²) in [5.41, 5.74) is 11.4. The zero-order chi connectivity index (χ0) is 47.6. The maximum Gasteiger partial charge on any atom is 0.242 e. The molecular formula is C53H104N6O5. The molecule has 5 amide bonds. The van der Waals surface area contributed by atoms with Gasteiger partial charge in [-0.1, -0.05) is 196 Å². The number of hydrogen-bond acceptors (Lipinski definition) is 6. The van der Waals surface area contributed by atoms with Crippen molar-refractivity contribution in [2.24, 2.45) is 23.3 Å². The van der Waals surface area contributed by atoms with E-state index in [1.165, 1.54) is 88.4 Å². The summed E-state index contributed by atoms with van der Waals surface area (Å²) in [5.74, 6) is -0.195. The molecule has 0 aliphatic carbocycles. The van der Waals surface area contributed by atoms with Crippen molar-refractivity contribution < 1.29 is 24.0 Å². The van der Waals surface area contributed by atoms with Crippen LogP contribution in [0.1, 0.15) is 241 Å². The lowest BCUT2D eigenvalue weighted by Gasteiger charge is -2.31. The molecule has 0 radical (unpaired) electrons. The van der Waals surface area contributed by atoms with Gasteiger partial charge in [0.05, 0.1) is 26.2 Å². The third kappa shape index (κ3) is 36.5. The Balaban J connectivity index is 6.11. The van der Waals surface area contributed by atoms with Crippen molar-refractivity contribution in [2.45, 2.75) is 241 Å². The number of nitrogens with two attached hydrogens (primary N) is 2. The highest BCUT2D eigenvalue weighted by Gasteiger charge is 2.27. The zero-order valence-electron chi connectivity index (χ0n) is 42.9. The van der Waals surface area contributed by atoms with Crippen molar-refractivity contribution in [2.75, 3.05) is 58.9 Å². The molecule has 0 bridgehead atoms. The molecule has 0 aliphatic rings. The minimum absolute atomic E-state index is 0.0344. The fourth-order valence-corrected chi connectivity index (χ4v) is 8.37. The summed E-state index contributed by atoms with van der Waals surface area (Å²) in [4.78, 5) is 74.9. The topological polar surface area (TPSA) is 150 Å². The summed E-state index contributed by atoms with van der Waals surface area (Å²) in [6.07, 6.45) is 32.9. The Morgan fingerprint density at radius 1 is 0.359 bits per heavy atom. The van der Waals surface area contributed by atoms with Gasteiger partial charge in [-0.05, 0) is 56.9 Å². The Morgan fingerprint density at radius 2 is 0.641 bits per heavy atom. The van der Waals surface area contributed by atoms with Gasteiger partial charge in [-0.2, -0.15) is 0 Å². The summed E-state index contributed by atoms with van der Waals surface area (Å²) in [7, 11) is 0. The van der Waals surface area contributed by atoms with E-state index in [1.54, 1.807) is 14.7 Å². The van der Waals surface area contributed by atoms with Gasteiger partial charge < -0.3 is 31.1 Å². The van der Waals surface area contributed by atoms with E-state index in [0.717, 1.165) is 103 Å². The van der Waals surface area contributed by atoms with E-state index in [9.17, 15) is 24.0 Å². The van der Waals surface area contributed by atoms with Crippen LogP contribution in [0.5, 0.6) is 0 Å². The van der Waals surface area contributed by atoms with Crippen LogP contribution in [0.2, 0.25) is 0 Å². The minimum Gasteiger partial charge on any atom is -0.368 e. The molecule has 0 saturated heterocycles. The first kappa shape index (κ1) is 61.3. The molecule has 11 nitrogen and oxygen atoms in total. The standard InChI is InChI=1S/C53H104N6O5/c1-7-9-11-13-15-17-19-21-23-31-40-57(50(61)37-29-30-38-54)44-52(63)59(42-34-26-28-36-48(5)6)46-53(64)58(41-32-24-22-20-18-16-14-12-10-8-2)45-51(62)56(43-49(55)60)39-33-25-27-35-47(3)4/h47-48H,7-46,54H2,1-6H3,(H2,55,60). The van der Waals surface area contributed by atoms with Crippen molar-refractivity contribution in [1.82, 2.24) is 19.6 Å². The zero-order valence-corrected chi connectivity index (χ0v) is 42.9. The number of unbranched alkanes of at least 4 members (excludes halogenated alkanes) is 23. The van der Waals surface area contributed by atoms with Gasteiger partial charge >= 0.3 is 0 Å². The Hall–Kier alpha value is -2.69. The number of rotatable bonds is 46. The van der Waals surface area contributed by atoms with E-state index in [1.807, 2.05) is 0 Å². The van der Waals surface area contributed by atoms with Crippen molar-refractivity contribution in [3.05, 3.63) is 0 Å². The van der Waals surface area contributed by atoms with Crippen LogP contribution in [-0.4, -0.2) is 108 Å². The monoisotopic (exact) mass is 905 g/mol. The molecule has 64 heavy (non-hydrogen) atoms. The van der Waals surface area contributed by atoms with E-state index < -0.39 is 5.91 Å². The Morgan fingerprint density at radius 3 is 0.938 bits per heavy atom. The number of amides is 5.